The second-order valence-electron chi connectivity index (χ2n) is 5.72. The fourth-order valence-electron chi connectivity index (χ4n) is 3.08. The van der Waals surface area contributed by atoms with Crippen molar-refractivity contribution in [3.63, 3.8) is 0 Å². The van der Waals surface area contributed by atoms with E-state index in [1.54, 1.807) is 0 Å². The Morgan fingerprint density at radius 1 is 1.14 bits per heavy atom. The van der Waals surface area contributed by atoms with Gasteiger partial charge in [-0.3, -0.25) is 4.79 Å². The summed E-state index contributed by atoms with van der Waals surface area (Å²) in [6.45, 7) is 4.25. The zero-order valence-corrected chi connectivity index (χ0v) is 12.7. The summed E-state index contributed by atoms with van der Waals surface area (Å²) in [6.07, 6.45) is 0.479. The zero-order valence-electron chi connectivity index (χ0n) is 12.7. The number of benzene rings is 2. The number of carbonyl (C=O) groups excluding carboxylic acids is 1. The Labute approximate surface area is 125 Å². The Morgan fingerprint density at radius 3 is 2.67 bits per heavy atom. The van der Waals surface area contributed by atoms with Crippen LogP contribution in [0.4, 0.5) is 5.69 Å². The van der Waals surface area contributed by atoms with E-state index in [9.17, 15) is 4.79 Å². The molecule has 1 aliphatic heterocycles. The van der Waals surface area contributed by atoms with E-state index in [2.05, 4.69) is 54.8 Å². The van der Waals surface area contributed by atoms with Gasteiger partial charge in [0.05, 0.1) is 12.5 Å². The van der Waals surface area contributed by atoms with E-state index in [0.717, 1.165) is 11.3 Å². The maximum atomic E-state index is 11.5. The van der Waals surface area contributed by atoms with E-state index in [1.807, 2.05) is 13.1 Å². The first-order valence-corrected chi connectivity index (χ1v) is 7.25. The van der Waals surface area contributed by atoms with Crippen LogP contribution < -0.4 is 10.6 Å². The molecule has 0 saturated heterocycles. The van der Waals surface area contributed by atoms with E-state index < -0.39 is 0 Å². The van der Waals surface area contributed by atoms with Crippen molar-refractivity contribution in [2.24, 2.45) is 0 Å². The van der Waals surface area contributed by atoms with Crippen LogP contribution in [0, 0.1) is 13.8 Å². The van der Waals surface area contributed by atoms with Gasteiger partial charge in [-0.05, 0) is 49.2 Å². The second-order valence-corrected chi connectivity index (χ2v) is 5.72. The third kappa shape index (κ3) is 2.57. The van der Waals surface area contributed by atoms with Crippen molar-refractivity contribution in [3.05, 3.63) is 64.2 Å². The van der Waals surface area contributed by atoms with Gasteiger partial charge in [0.15, 0.2) is 0 Å². The minimum absolute atomic E-state index is 0.0784. The fraction of sp³-hybridized carbons (Fsp3) is 0.278. The average molecular weight is 280 g/mol. The largest absolute Gasteiger partial charge is 0.326 e. The Bertz CT molecular complexity index is 706. The summed E-state index contributed by atoms with van der Waals surface area (Å²) < 4.78 is 0. The van der Waals surface area contributed by atoms with Crippen LogP contribution in [-0.4, -0.2) is 13.0 Å². The molecule has 1 atom stereocenters. The SMILES string of the molecule is CNC(c1ccc2c(c1)CC(=O)N2)c1ccc(C)cc1C. The summed E-state index contributed by atoms with van der Waals surface area (Å²) in [6, 6.07) is 12.9. The molecule has 21 heavy (non-hydrogen) atoms. The van der Waals surface area contributed by atoms with Crippen LogP contribution in [0.5, 0.6) is 0 Å². The van der Waals surface area contributed by atoms with Crippen LogP contribution in [-0.2, 0) is 11.2 Å². The number of hydrogen-bond acceptors (Lipinski definition) is 2. The molecule has 2 aromatic rings. The van der Waals surface area contributed by atoms with Gasteiger partial charge in [-0.2, -0.15) is 0 Å². The molecule has 1 amide bonds. The van der Waals surface area contributed by atoms with Crippen LogP contribution in [0.1, 0.15) is 33.9 Å². The molecule has 0 bridgehead atoms. The van der Waals surface area contributed by atoms with E-state index in [1.165, 1.54) is 22.3 Å². The molecule has 0 aromatic heterocycles. The highest BCUT2D eigenvalue weighted by atomic mass is 16.1. The molecular weight excluding hydrogens is 260 g/mol. The molecule has 0 spiro atoms. The summed E-state index contributed by atoms with van der Waals surface area (Å²) in [4.78, 5) is 11.5. The van der Waals surface area contributed by atoms with Gasteiger partial charge < -0.3 is 10.6 Å². The Hall–Kier alpha value is -2.13. The highest BCUT2D eigenvalue weighted by molar-refractivity contribution is 5.99. The molecule has 0 radical (unpaired) electrons. The molecular formula is C18H20N2O. The predicted octanol–water partition coefficient (Wildman–Crippen LogP) is 3.11. The number of anilines is 1. The normalized spacial score (nSPS) is 14.7. The van der Waals surface area contributed by atoms with Gasteiger partial charge in [0, 0.05) is 5.69 Å². The average Bonchev–Trinajstić information content (AvgIpc) is 2.81. The molecule has 3 heteroatoms. The van der Waals surface area contributed by atoms with Crippen molar-refractivity contribution < 1.29 is 4.79 Å². The van der Waals surface area contributed by atoms with Crippen LogP contribution in [0.25, 0.3) is 0 Å². The monoisotopic (exact) mass is 280 g/mol. The van der Waals surface area contributed by atoms with Gasteiger partial charge in [0.2, 0.25) is 5.91 Å². The summed E-state index contributed by atoms with van der Waals surface area (Å²) in [5.74, 6) is 0.0784. The summed E-state index contributed by atoms with van der Waals surface area (Å²) in [5, 5.41) is 6.27. The highest BCUT2D eigenvalue weighted by Crippen LogP contribution is 2.30. The minimum atomic E-state index is 0.0784. The molecule has 0 aliphatic carbocycles. The van der Waals surface area contributed by atoms with Crippen molar-refractivity contribution in [2.45, 2.75) is 26.3 Å². The van der Waals surface area contributed by atoms with Gasteiger partial charge in [0.1, 0.15) is 0 Å². The van der Waals surface area contributed by atoms with Gasteiger partial charge in [-0.15, -0.1) is 0 Å². The van der Waals surface area contributed by atoms with Gasteiger partial charge in [0.25, 0.3) is 0 Å². The quantitative estimate of drug-likeness (QED) is 0.907. The van der Waals surface area contributed by atoms with Crippen LogP contribution in [0.3, 0.4) is 0 Å². The van der Waals surface area contributed by atoms with Crippen molar-refractivity contribution in [2.75, 3.05) is 12.4 Å². The van der Waals surface area contributed by atoms with Gasteiger partial charge in [-0.25, -0.2) is 0 Å². The van der Waals surface area contributed by atoms with Crippen LogP contribution >= 0.6 is 0 Å². The van der Waals surface area contributed by atoms with Crippen LogP contribution in [0.15, 0.2) is 36.4 Å². The van der Waals surface area contributed by atoms with Crippen molar-refractivity contribution in [1.29, 1.82) is 0 Å². The number of hydrogen-bond donors (Lipinski definition) is 2. The molecule has 0 fully saturated rings. The number of fused-ring (bicyclic) bond motifs is 1. The lowest BCUT2D eigenvalue weighted by Crippen LogP contribution is -2.18. The standard InChI is InChI=1S/C18H20N2O/c1-11-4-6-15(12(2)8-11)18(19-3)13-5-7-16-14(9-13)10-17(21)20-16/h4-9,18-19H,10H2,1-3H3,(H,20,21). The minimum Gasteiger partial charge on any atom is -0.326 e. The fourth-order valence-corrected chi connectivity index (χ4v) is 3.08. The molecule has 1 heterocycles. The number of nitrogens with one attached hydrogen (secondary N) is 2. The Kier molecular flexibility index (Phi) is 3.52. The van der Waals surface area contributed by atoms with E-state index in [-0.39, 0.29) is 11.9 Å². The third-order valence-electron chi connectivity index (χ3n) is 4.11. The number of rotatable bonds is 3. The number of aryl methyl sites for hydroxylation is 2. The van der Waals surface area contributed by atoms with E-state index >= 15 is 0 Å². The maximum absolute atomic E-state index is 11.5. The summed E-state index contributed by atoms with van der Waals surface area (Å²) in [7, 11) is 1.97. The second kappa shape index (κ2) is 5.34. The lowest BCUT2D eigenvalue weighted by Gasteiger charge is -2.20. The topological polar surface area (TPSA) is 41.1 Å². The zero-order chi connectivity index (χ0) is 15.0. The first-order valence-electron chi connectivity index (χ1n) is 7.25. The molecule has 0 saturated carbocycles. The number of carbonyl (C=O) groups is 1. The lowest BCUT2D eigenvalue weighted by atomic mass is 9.92. The molecule has 108 valence electrons. The Morgan fingerprint density at radius 2 is 1.95 bits per heavy atom. The smallest absolute Gasteiger partial charge is 0.228 e. The maximum Gasteiger partial charge on any atom is 0.228 e. The highest BCUT2D eigenvalue weighted by Gasteiger charge is 2.21. The summed E-state index contributed by atoms with van der Waals surface area (Å²) >= 11 is 0. The van der Waals surface area contributed by atoms with E-state index in [4.69, 9.17) is 0 Å². The summed E-state index contributed by atoms with van der Waals surface area (Å²) in [5.41, 5.74) is 7.06. The third-order valence-corrected chi connectivity index (χ3v) is 4.11. The molecule has 1 aliphatic rings. The van der Waals surface area contributed by atoms with Crippen molar-refractivity contribution >= 4 is 11.6 Å². The van der Waals surface area contributed by atoms with Gasteiger partial charge in [-0.1, -0.05) is 35.9 Å². The van der Waals surface area contributed by atoms with Crippen molar-refractivity contribution in [3.8, 4) is 0 Å². The Balaban J connectivity index is 2.01. The molecule has 3 nitrogen and oxygen atoms in total. The molecule has 2 aromatic carbocycles. The molecule has 1 unspecified atom stereocenters. The van der Waals surface area contributed by atoms with Crippen molar-refractivity contribution in [1.82, 2.24) is 5.32 Å². The lowest BCUT2D eigenvalue weighted by molar-refractivity contribution is -0.115. The number of amides is 1. The van der Waals surface area contributed by atoms with E-state index in [0.29, 0.717) is 6.42 Å². The molecule has 2 N–H and O–H groups in total. The molecule has 3 rings (SSSR count). The predicted molar refractivity (Wildman–Crippen MR) is 85.6 cm³/mol. The first kappa shape index (κ1) is 13.8. The van der Waals surface area contributed by atoms with Crippen LogP contribution in [0.2, 0.25) is 0 Å². The first-order chi connectivity index (χ1) is 10.1. The van der Waals surface area contributed by atoms with Gasteiger partial charge >= 0.3 is 0 Å².